The van der Waals surface area contributed by atoms with Crippen molar-refractivity contribution in [2.45, 2.75) is 6.92 Å². The SMILES string of the molecule is Cc1nn(-c2ccccc2)cc1C=C(C#N)C#N. The molecule has 1 aromatic carbocycles. The highest BCUT2D eigenvalue weighted by molar-refractivity contribution is 5.63. The standard InChI is InChI=1S/C14H10N4/c1-11-13(7-12(8-15)9-16)10-18(17-11)14-5-3-2-4-6-14/h2-7,10H,1H3. The zero-order valence-electron chi connectivity index (χ0n) is 9.83. The van der Waals surface area contributed by atoms with Gasteiger partial charge in [-0.25, -0.2) is 4.68 Å². The molecule has 0 saturated heterocycles. The summed E-state index contributed by atoms with van der Waals surface area (Å²) in [4.78, 5) is 0. The molecule has 0 radical (unpaired) electrons. The van der Waals surface area contributed by atoms with Gasteiger partial charge in [-0.05, 0) is 25.1 Å². The lowest BCUT2D eigenvalue weighted by Crippen LogP contribution is -1.93. The van der Waals surface area contributed by atoms with Crippen LogP contribution in [0.1, 0.15) is 11.3 Å². The van der Waals surface area contributed by atoms with Gasteiger partial charge in [0.25, 0.3) is 0 Å². The molecular formula is C14H10N4. The second-order valence-electron chi connectivity index (χ2n) is 3.73. The third kappa shape index (κ3) is 2.28. The van der Waals surface area contributed by atoms with Crippen molar-refractivity contribution in [2.75, 3.05) is 0 Å². The Morgan fingerprint density at radius 3 is 2.50 bits per heavy atom. The molecule has 0 saturated carbocycles. The fourth-order valence-electron chi connectivity index (χ4n) is 1.57. The zero-order chi connectivity index (χ0) is 13.0. The van der Waals surface area contributed by atoms with Gasteiger partial charge in [0.1, 0.15) is 17.7 Å². The monoisotopic (exact) mass is 234 g/mol. The van der Waals surface area contributed by atoms with Crippen LogP contribution in [-0.4, -0.2) is 9.78 Å². The van der Waals surface area contributed by atoms with Crippen LogP contribution in [0.5, 0.6) is 0 Å². The van der Waals surface area contributed by atoms with Crippen LogP contribution in [0.2, 0.25) is 0 Å². The second kappa shape index (κ2) is 4.99. The van der Waals surface area contributed by atoms with E-state index in [4.69, 9.17) is 10.5 Å². The van der Waals surface area contributed by atoms with Gasteiger partial charge in [-0.3, -0.25) is 0 Å². The molecular weight excluding hydrogens is 224 g/mol. The average Bonchev–Trinajstić information content (AvgIpc) is 2.78. The van der Waals surface area contributed by atoms with Gasteiger partial charge < -0.3 is 0 Å². The van der Waals surface area contributed by atoms with Crippen LogP contribution in [0.15, 0.2) is 42.1 Å². The summed E-state index contributed by atoms with van der Waals surface area (Å²) in [6.07, 6.45) is 3.35. The highest BCUT2D eigenvalue weighted by atomic mass is 15.3. The number of hydrogen-bond donors (Lipinski definition) is 0. The molecule has 0 aliphatic heterocycles. The van der Waals surface area contributed by atoms with Gasteiger partial charge in [-0.15, -0.1) is 0 Å². The lowest BCUT2D eigenvalue weighted by Gasteiger charge is -1.98. The number of aromatic nitrogens is 2. The Morgan fingerprint density at radius 1 is 1.22 bits per heavy atom. The molecule has 0 atom stereocenters. The van der Waals surface area contributed by atoms with Crippen LogP contribution in [-0.2, 0) is 0 Å². The number of nitrogens with zero attached hydrogens (tertiary/aromatic N) is 4. The summed E-state index contributed by atoms with van der Waals surface area (Å²) >= 11 is 0. The fraction of sp³-hybridized carbons (Fsp3) is 0.0714. The largest absolute Gasteiger partial charge is 0.240 e. The van der Waals surface area contributed by atoms with Crippen molar-refractivity contribution in [3.8, 4) is 17.8 Å². The molecule has 18 heavy (non-hydrogen) atoms. The molecule has 0 amide bonds. The predicted octanol–water partition coefficient (Wildman–Crippen LogP) is 2.61. The first kappa shape index (κ1) is 11.6. The molecule has 1 aromatic heterocycles. The van der Waals surface area contributed by atoms with E-state index in [1.54, 1.807) is 17.0 Å². The minimum absolute atomic E-state index is 0.0747. The first-order valence-electron chi connectivity index (χ1n) is 5.38. The summed E-state index contributed by atoms with van der Waals surface area (Å²) in [5, 5.41) is 21.8. The van der Waals surface area contributed by atoms with E-state index >= 15 is 0 Å². The van der Waals surface area contributed by atoms with Crippen molar-refractivity contribution < 1.29 is 0 Å². The Labute approximate surface area is 105 Å². The smallest absolute Gasteiger partial charge is 0.130 e. The highest BCUT2D eigenvalue weighted by Crippen LogP contribution is 2.14. The first-order valence-corrected chi connectivity index (χ1v) is 5.38. The van der Waals surface area contributed by atoms with E-state index in [1.807, 2.05) is 49.4 Å². The molecule has 0 spiro atoms. The summed E-state index contributed by atoms with van der Waals surface area (Å²) in [5.74, 6) is 0. The van der Waals surface area contributed by atoms with Crippen LogP contribution in [0.3, 0.4) is 0 Å². The Hall–Kier alpha value is -2.85. The number of hydrogen-bond acceptors (Lipinski definition) is 3. The van der Waals surface area contributed by atoms with E-state index in [0.717, 1.165) is 16.9 Å². The van der Waals surface area contributed by atoms with Crippen molar-refractivity contribution in [1.82, 2.24) is 9.78 Å². The molecule has 0 bridgehead atoms. The summed E-state index contributed by atoms with van der Waals surface area (Å²) < 4.78 is 1.73. The molecule has 2 aromatic rings. The topological polar surface area (TPSA) is 65.4 Å². The van der Waals surface area contributed by atoms with Gasteiger partial charge in [0.2, 0.25) is 0 Å². The number of para-hydroxylation sites is 1. The molecule has 4 nitrogen and oxygen atoms in total. The molecule has 0 aliphatic rings. The third-order valence-corrected chi connectivity index (χ3v) is 2.50. The summed E-state index contributed by atoms with van der Waals surface area (Å²) in [6, 6.07) is 13.4. The minimum atomic E-state index is 0.0747. The van der Waals surface area contributed by atoms with Gasteiger partial charge in [0, 0.05) is 11.8 Å². The van der Waals surface area contributed by atoms with Gasteiger partial charge in [0.15, 0.2) is 0 Å². The van der Waals surface area contributed by atoms with E-state index < -0.39 is 0 Å². The molecule has 0 unspecified atom stereocenters. The number of aryl methyl sites for hydroxylation is 1. The molecule has 1 heterocycles. The number of allylic oxidation sites excluding steroid dienone is 1. The highest BCUT2D eigenvalue weighted by Gasteiger charge is 2.05. The minimum Gasteiger partial charge on any atom is -0.240 e. The first-order chi connectivity index (χ1) is 8.74. The third-order valence-electron chi connectivity index (χ3n) is 2.50. The summed E-state index contributed by atoms with van der Waals surface area (Å²) in [7, 11) is 0. The van der Waals surface area contributed by atoms with Crippen LogP contribution in [0.25, 0.3) is 11.8 Å². The maximum atomic E-state index is 8.73. The molecule has 2 rings (SSSR count). The lowest BCUT2D eigenvalue weighted by molar-refractivity contribution is 0.863. The molecule has 86 valence electrons. The molecule has 0 aliphatic carbocycles. The summed E-state index contributed by atoms with van der Waals surface area (Å²) in [6.45, 7) is 1.84. The number of rotatable bonds is 2. The van der Waals surface area contributed by atoms with Crippen LogP contribution in [0.4, 0.5) is 0 Å². The lowest BCUT2D eigenvalue weighted by atomic mass is 10.2. The predicted molar refractivity (Wildman–Crippen MR) is 67.5 cm³/mol. The Bertz CT molecular complexity index is 650. The van der Waals surface area contributed by atoms with Crippen molar-refractivity contribution in [2.24, 2.45) is 0 Å². The second-order valence-corrected chi connectivity index (χ2v) is 3.73. The number of benzene rings is 1. The zero-order valence-corrected chi connectivity index (χ0v) is 9.83. The van der Waals surface area contributed by atoms with Gasteiger partial charge >= 0.3 is 0 Å². The summed E-state index contributed by atoms with van der Waals surface area (Å²) in [5.41, 5.74) is 2.57. The van der Waals surface area contributed by atoms with Crippen LogP contribution in [0, 0.1) is 29.6 Å². The Balaban J connectivity index is 2.44. The van der Waals surface area contributed by atoms with Crippen LogP contribution >= 0.6 is 0 Å². The number of nitriles is 2. The van der Waals surface area contributed by atoms with Crippen molar-refractivity contribution in [1.29, 1.82) is 10.5 Å². The fourth-order valence-corrected chi connectivity index (χ4v) is 1.57. The van der Waals surface area contributed by atoms with Crippen molar-refractivity contribution in [3.63, 3.8) is 0 Å². The molecule has 4 heteroatoms. The van der Waals surface area contributed by atoms with Crippen LogP contribution < -0.4 is 0 Å². The van der Waals surface area contributed by atoms with E-state index in [0.29, 0.717) is 0 Å². The maximum absolute atomic E-state index is 8.73. The quantitative estimate of drug-likeness (QED) is 0.750. The van der Waals surface area contributed by atoms with E-state index in [9.17, 15) is 0 Å². The van der Waals surface area contributed by atoms with E-state index in [1.165, 1.54) is 0 Å². The van der Waals surface area contributed by atoms with Gasteiger partial charge in [-0.2, -0.15) is 15.6 Å². The Kier molecular flexibility index (Phi) is 3.22. The van der Waals surface area contributed by atoms with E-state index in [-0.39, 0.29) is 5.57 Å². The average molecular weight is 234 g/mol. The van der Waals surface area contributed by atoms with Crippen molar-refractivity contribution >= 4 is 6.08 Å². The van der Waals surface area contributed by atoms with Gasteiger partial charge in [0.05, 0.1) is 11.4 Å². The van der Waals surface area contributed by atoms with Crippen molar-refractivity contribution in [3.05, 3.63) is 53.4 Å². The normalized spacial score (nSPS) is 9.28. The van der Waals surface area contributed by atoms with Gasteiger partial charge in [-0.1, -0.05) is 18.2 Å². The molecule has 0 N–H and O–H groups in total. The Morgan fingerprint density at radius 2 is 1.89 bits per heavy atom. The maximum Gasteiger partial charge on any atom is 0.130 e. The molecule has 0 fully saturated rings. The van der Waals surface area contributed by atoms with E-state index in [2.05, 4.69) is 5.10 Å².